The third-order valence-electron chi connectivity index (χ3n) is 12.6. The second-order valence-electron chi connectivity index (χ2n) is 16.0. The van der Waals surface area contributed by atoms with Gasteiger partial charge in [-0.3, -0.25) is 0 Å². The maximum absolute atomic E-state index is 6.15. The summed E-state index contributed by atoms with van der Waals surface area (Å²) in [4.78, 5) is 10.5. The molecule has 1 aliphatic rings. The summed E-state index contributed by atoms with van der Waals surface area (Å²) < 4.78 is 6.15. The second-order valence-corrected chi connectivity index (χ2v) is 16.0. The molecular weight excluding hydrogens is 753 g/mol. The van der Waals surface area contributed by atoms with Gasteiger partial charge >= 0.3 is 0 Å². The predicted octanol–water partition coefficient (Wildman–Crippen LogP) is 15.1. The van der Waals surface area contributed by atoms with Crippen LogP contribution in [0.1, 0.15) is 22.3 Å². The molecule has 2 heterocycles. The molecule has 12 rings (SSSR count). The molecule has 2 aromatic heterocycles. The Kier molecular flexibility index (Phi) is 8.39. The van der Waals surface area contributed by atoms with E-state index in [-0.39, 0.29) is 0 Å². The summed E-state index contributed by atoms with van der Waals surface area (Å²) in [6.07, 6.45) is 0. The first-order valence-corrected chi connectivity index (χ1v) is 21.1. The smallest absolute Gasteiger partial charge is 0.160 e. The molecule has 0 amide bonds. The summed E-state index contributed by atoms with van der Waals surface area (Å²) in [5, 5.41) is 2.25. The van der Waals surface area contributed by atoms with Crippen LogP contribution in [0, 0.1) is 0 Å². The molecule has 62 heavy (non-hydrogen) atoms. The van der Waals surface area contributed by atoms with Crippen molar-refractivity contribution in [3.8, 4) is 67.3 Å². The van der Waals surface area contributed by atoms with Gasteiger partial charge in [-0.2, -0.15) is 0 Å². The summed E-state index contributed by atoms with van der Waals surface area (Å²) in [6, 6.07) is 82.3. The van der Waals surface area contributed by atoms with E-state index in [0.717, 1.165) is 61.1 Å². The molecule has 0 fully saturated rings. The lowest BCUT2D eigenvalue weighted by Crippen LogP contribution is -2.28. The average Bonchev–Trinajstić information content (AvgIpc) is 3.88. The van der Waals surface area contributed by atoms with E-state index < -0.39 is 5.41 Å². The van der Waals surface area contributed by atoms with Crippen molar-refractivity contribution >= 4 is 21.9 Å². The molecule has 0 unspecified atom stereocenters. The van der Waals surface area contributed by atoms with Crippen LogP contribution in [0.3, 0.4) is 0 Å². The van der Waals surface area contributed by atoms with Crippen molar-refractivity contribution in [2.75, 3.05) is 0 Å². The molecule has 0 spiro atoms. The maximum atomic E-state index is 6.15. The third kappa shape index (κ3) is 5.74. The molecule has 1 aliphatic carbocycles. The highest BCUT2D eigenvalue weighted by Crippen LogP contribution is 2.56. The van der Waals surface area contributed by atoms with E-state index in [9.17, 15) is 0 Å². The molecule has 11 aromatic rings. The van der Waals surface area contributed by atoms with Gasteiger partial charge in [0, 0.05) is 27.5 Å². The standard InChI is InChI=1S/C59H38N2O/c1-4-16-41(17-5-1)58-60-54(40-30-28-39(29-31-40)46-22-10-11-23-47(46)42-33-35-57-51(36-42)50-25-13-15-27-56(50)62-57)38-55(61-58)43-32-34-49-48-24-12-14-26-52(48)59(53(49)37-43,44-18-6-2-7-19-44)45-20-8-3-9-21-45/h1-38H. The molecule has 0 bridgehead atoms. The SMILES string of the molecule is c1ccc(-c2nc(-c3ccc(-c4ccccc4-c4ccc5oc6ccccc6c5c4)cc3)cc(-c3ccc4c(c3)C(c3ccccc3)(c3ccccc3)c3ccccc3-4)n2)cc1. The highest BCUT2D eigenvalue weighted by atomic mass is 16.3. The number of aromatic nitrogens is 2. The normalized spacial score (nSPS) is 12.6. The van der Waals surface area contributed by atoms with Gasteiger partial charge in [-0.25, -0.2) is 9.97 Å². The number of hydrogen-bond acceptors (Lipinski definition) is 3. The summed E-state index contributed by atoms with van der Waals surface area (Å²) in [5.74, 6) is 0.691. The van der Waals surface area contributed by atoms with Crippen LogP contribution in [0.25, 0.3) is 89.2 Å². The van der Waals surface area contributed by atoms with Gasteiger partial charge in [0.25, 0.3) is 0 Å². The maximum Gasteiger partial charge on any atom is 0.160 e. The molecule has 3 nitrogen and oxygen atoms in total. The summed E-state index contributed by atoms with van der Waals surface area (Å²) in [5.41, 5.74) is 18.2. The van der Waals surface area contributed by atoms with E-state index >= 15 is 0 Å². The van der Waals surface area contributed by atoms with Crippen LogP contribution in [0.4, 0.5) is 0 Å². The van der Waals surface area contributed by atoms with Gasteiger partial charge in [0.15, 0.2) is 5.82 Å². The summed E-state index contributed by atoms with van der Waals surface area (Å²) >= 11 is 0. The zero-order chi connectivity index (χ0) is 41.0. The van der Waals surface area contributed by atoms with Crippen molar-refractivity contribution in [2.45, 2.75) is 5.41 Å². The zero-order valence-corrected chi connectivity index (χ0v) is 33.7. The zero-order valence-electron chi connectivity index (χ0n) is 33.7. The van der Waals surface area contributed by atoms with E-state index in [1.165, 1.54) is 44.5 Å². The first-order valence-electron chi connectivity index (χ1n) is 21.1. The van der Waals surface area contributed by atoms with Gasteiger partial charge in [-0.15, -0.1) is 0 Å². The van der Waals surface area contributed by atoms with E-state index in [0.29, 0.717) is 5.82 Å². The van der Waals surface area contributed by atoms with Gasteiger partial charge in [-0.05, 0) is 86.0 Å². The third-order valence-corrected chi connectivity index (χ3v) is 12.6. The van der Waals surface area contributed by atoms with Crippen LogP contribution in [0.5, 0.6) is 0 Å². The number of para-hydroxylation sites is 1. The molecule has 0 saturated heterocycles. The van der Waals surface area contributed by atoms with Crippen LogP contribution in [0.15, 0.2) is 235 Å². The number of fused-ring (bicyclic) bond motifs is 6. The second kappa shape index (κ2) is 14.5. The Morgan fingerprint density at radius 2 is 0.823 bits per heavy atom. The fourth-order valence-electron chi connectivity index (χ4n) is 9.76. The lowest BCUT2D eigenvalue weighted by molar-refractivity contribution is 0.669. The Hall–Kier alpha value is -8.14. The summed E-state index contributed by atoms with van der Waals surface area (Å²) in [7, 11) is 0. The molecule has 0 radical (unpaired) electrons. The average molecular weight is 791 g/mol. The van der Waals surface area contributed by atoms with Crippen LogP contribution < -0.4 is 0 Å². The molecule has 0 N–H and O–H groups in total. The first kappa shape index (κ1) is 35.8. The van der Waals surface area contributed by atoms with Crippen LogP contribution in [-0.2, 0) is 5.41 Å². The minimum atomic E-state index is -0.507. The number of furan rings is 1. The highest BCUT2D eigenvalue weighted by molar-refractivity contribution is 6.06. The molecule has 0 atom stereocenters. The molecule has 0 aliphatic heterocycles. The molecule has 3 heteroatoms. The van der Waals surface area contributed by atoms with E-state index in [2.05, 4.69) is 200 Å². The predicted molar refractivity (Wildman–Crippen MR) is 254 cm³/mol. The van der Waals surface area contributed by atoms with Crippen molar-refractivity contribution in [3.63, 3.8) is 0 Å². The Morgan fingerprint density at radius 3 is 1.55 bits per heavy atom. The Labute approximate surface area is 360 Å². The van der Waals surface area contributed by atoms with E-state index in [1.807, 2.05) is 30.3 Å². The van der Waals surface area contributed by atoms with Crippen LogP contribution in [0.2, 0.25) is 0 Å². The van der Waals surface area contributed by atoms with E-state index in [4.69, 9.17) is 14.4 Å². The van der Waals surface area contributed by atoms with Gasteiger partial charge in [0.2, 0.25) is 0 Å². The van der Waals surface area contributed by atoms with Crippen molar-refractivity contribution in [3.05, 3.63) is 253 Å². The van der Waals surface area contributed by atoms with Crippen molar-refractivity contribution < 1.29 is 4.42 Å². The summed E-state index contributed by atoms with van der Waals surface area (Å²) in [6.45, 7) is 0. The van der Waals surface area contributed by atoms with Crippen LogP contribution >= 0.6 is 0 Å². The fourth-order valence-corrected chi connectivity index (χ4v) is 9.76. The quantitative estimate of drug-likeness (QED) is 0.161. The van der Waals surface area contributed by atoms with Gasteiger partial charge in [0.05, 0.1) is 16.8 Å². The Bertz CT molecular complexity index is 3400. The van der Waals surface area contributed by atoms with Crippen LogP contribution in [-0.4, -0.2) is 9.97 Å². The highest BCUT2D eigenvalue weighted by Gasteiger charge is 2.46. The fraction of sp³-hybridized carbons (Fsp3) is 0.0169. The molecule has 290 valence electrons. The largest absolute Gasteiger partial charge is 0.456 e. The molecule has 9 aromatic carbocycles. The monoisotopic (exact) mass is 790 g/mol. The number of hydrogen-bond donors (Lipinski definition) is 0. The first-order chi connectivity index (χ1) is 30.7. The molecule has 0 saturated carbocycles. The topological polar surface area (TPSA) is 38.9 Å². The lowest BCUT2D eigenvalue weighted by atomic mass is 9.67. The van der Waals surface area contributed by atoms with Gasteiger partial charge in [-0.1, -0.05) is 200 Å². The minimum Gasteiger partial charge on any atom is -0.456 e. The lowest BCUT2D eigenvalue weighted by Gasteiger charge is -2.34. The van der Waals surface area contributed by atoms with Crippen molar-refractivity contribution in [1.29, 1.82) is 0 Å². The number of benzene rings is 9. The Balaban J connectivity index is 0.983. The van der Waals surface area contributed by atoms with Gasteiger partial charge in [0.1, 0.15) is 11.2 Å². The van der Waals surface area contributed by atoms with E-state index in [1.54, 1.807) is 0 Å². The van der Waals surface area contributed by atoms with Gasteiger partial charge < -0.3 is 4.42 Å². The Morgan fingerprint density at radius 1 is 0.306 bits per heavy atom. The van der Waals surface area contributed by atoms with Crippen molar-refractivity contribution in [1.82, 2.24) is 9.97 Å². The molecular formula is C59H38N2O. The number of rotatable bonds is 7. The number of nitrogens with zero attached hydrogens (tertiary/aromatic N) is 2. The minimum absolute atomic E-state index is 0.507. The van der Waals surface area contributed by atoms with Crippen molar-refractivity contribution in [2.24, 2.45) is 0 Å².